The summed E-state index contributed by atoms with van der Waals surface area (Å²) < 4.78 is 66.8. The van der Waals surface area contributed by atoms with Gasteiger partial charge < -0.3 is 20.4 Å². The van der Waals surface area contributed by atoms with E-state index in [1.54, 1.807) is 13.1 Å². The van der Waals surface area contributed by atoms with E-state index in [2.05, 4.69) is 19.2 Å². The number of nitrogen functional groups attached to an aromatic ring is 1. The standard InChI is InChI=1S/C34H37F4N3O3/c1-4-5-6-7-19-10-18(2)11-32(44-19)41-29-9-8-24(35)25(36)13-22(29)33-23(17-42)34(31(43)16-40-3)21(14-30(33)41)20-12-26(37)27(38)15-28(20)39/h8-9,12-15,17-19,24,32,40H,4-7,10-11,16,39H2,1-3H3/t18-,19+,24?,32+/m0/s1. The molecule has 1 aliphatic heterocycles. The molecule has 0 radical (unpaired) electrons. The summed E-state index contributed by atoms with van der Waals surface area (Å²) in [5, 5.41) is 3.00. The molecule has 1 aromatic heterocycles. The Labute approximate surface area is 253 Å². The number of aromatic nitrogens is 1. The first kappa shape index (κ1) is 31.7. The third-order valence-electron chi connectivity index (χ3n) is 8.53. The number of alkyl halides is 1. The molecule has 1 aliphatic carbocycles. The van der Waals surface area contributed by atoms with Crippen LogP contribution in [0.25, 0.3) is 34.2 Å². The molecule has 0 bridgehead atoms. The molecule has 10 heteroatoms. The number of nitrogens with one attached hydrogen (secondary N) is 1. The average molecular weight is 612 g/mol. The zero-order valence-corrected chi connectivity index (χ0v) is 25.1. The van der Waals surface area contributed by atoms with Crippen LogP contribution < -0.4 is 11.1 Å². The van der Waals surface area contributed by atoms with Gasteiger partial charge in [0, 0.05) is 39.4 Å². The van der Waals surface area contributed by atoms with Gasteiger partial charge in [-0.05, 0) is 68.2 Å². The SMILES string of the molecule is CCCCC[C@@H]1C[C@H](C)C[C@H](n2c3c(c4c(C=O)c(C(=O)CNC)c(-c5cc(F)c(F)cc5N)cc42)C=C(F)C(F)C=C3)O1. The number of benzene rings is 2. The van der Waals surface area contributed by atoms with Crippen LogP contribution in [-0.2, 0) is 4.74 Å². The van der Waals surface area contributed by atoms with E-state index in [4.69, 9.17) is 10.5 Å². The molecule has 1 fully saturated rings. The Morgan fingerprint density at radius 2 is 1.89 bits per heavy atom. The van der Waals surface area contributed by atoms with Crippen molar-refractivity contribution < 1.29 is 31.9 Å². The Hall–Kier alpha value is -3.76. The number of unbranched alkanes of at least 4 members (excludes halogenated alkanes) is 2. The highest BCUT2D eigenvalue weighted by molar-refractivity contribution is 6.18. The first-order valence-electron chi connectivity index (χ1n) is 15.1. The summed E-state index contributed by atoms with van der Waals surface area (Å²) in [5.41, 5.74) is 7.02. The van der Waals surface area contributed by atoms with Crippen molar-refractivity contribution in [3.05, 3.63) is 64.1 Å². The molecule has 3 aromatic rings. The summed E-state index contributed by atoms with van der Waals surface area (Å²) in [7, 11) is 1.55. The van der Waals surface area contributed by atoms with Gasteiger partial charge in [-0.25, -0.2) is 17.6 Å². The summed E-state index contributed by atoms with van der Waals surface area (Å²) in [4.78, 5) is 26.5. The number of anilines is 1. The first-order chi connectivity index (χ1) is 21.1. The van der Waals surface area contributed by atoms with Crippen molar-refractivity contribution in [3.63, 3.8) is 0 Å². The van der Waals surface area contributed by atoms with Crippen LogP contribution in [0.15, 0.2) is 30.1 Å². The van der Waals surface area contributed by atoms with Crippen molar-refractivity contribution in [1.29, 1.82) is 0 Å². The lowest BCUT2D eigenvalue weighted by Crippen LogP contribution is -2.30. The summed E-state index contributed by atoms with van der Waals surface area (Å²) in [6.45, 7) is 4.06. The van der Waals surface area contributed by atoms with Crippen LogP contribution in [0.2, 0.25) is 0 Å². The molecule has 1 unspecified atom stereocenters. The molecule has 6 nitrogen and oxygen atoms in total. The molecule has 234 valence electrons. The highest BCUT2D eigenvalue weighted by Crippen LogP contribution is 2.45. The van der Waals surface area contributed by atoms with Crippen LogP contribution in [0.5, 0.6) is 0 Å². The molecule has 4 atom stereocenters. The van der Waals surface area contributed by atoms with Gasteiger partial charge in [0.15, 0.2) is 29.9 Å². The highest BCUT2D eigenvalue weighted by atomic mass is 19.2. The van der Waals surface area contributed by atoms with Crippen LogP contribution in [0.3, 0.4) is 0 Å². The largest absolute Gasteiger partial charge is 0.398 e. The molecule has 5 rings (SSSR count). The van der Waals surface area contributed by atoms with Gasteiger partial charge >= 0.3 is 0 Å². The van der Waals surface area contributed by atoms with E-state index in [1.165, 1.54) is 6.08 Å². The molecule has 1 saturated heterocycles. The minimum Gasteiger partial charge on any atom is -0.398 e. The molecule has 0 amide bonds. The van der Waals surface area contributed by atoms with Crippen LogP contribution in [0.4, 0.5) is 23.2 Å². The Bertz CT molecular complexity index is 1660. The Balaban J connectivity index is 1.86. The van der Waals surface area contributed by atoms with Crippen molar-refractivity contribution in [2.24, 2.45) is 5.92 Å². The molecule has 44 heavy (non-hydrogen) atoms. The number of ketones is 1. The number of rotatable bonds is 10. The number of fused-ring (bicyclic) bond motifs is 3. The number of halogens is 4. The second-order valence-electron chi connectivity index (χ2n) is 11.8. The number of hydrogen-bond acceptors (Lipinski definition) is 5. The van der Waals surface area contributed by atoms with Gasteiger partial charge in [-0.3, -0.25) is 9.59 Å². The smallest absolute Gasteiger partial charge is 0.177 e. The lowest BCUT2D eigenvalue weighted by Gasteiger charge is -2.36. The summed E-state index contributed by atoms with van der Waals surface area (Å²) in [5.74, 6) is -3.66. The minimum absolute atomic E-state index is 0.0211. The van der Waals surface area contributed by atoms with Crippen LogP contribution >= 0.6 is 0 Å². The molecule has 0 spiro atoms. The van der Waals surface area contributed by atoms with Gasteiger partial charge in [-0.1, -0.05) is 33.1 Å². The van der Waals surface area contributed by atoms with Gasteiger partial charge in [0.25, 0.3) is 0 Å². The maximum Gasteiger partial charge on any atom is 0.177 e. The number of ether oxygens (including phenoxy) is 1. The predicted molar refractivity (Wildman–Crippen MR) is 165 cm³/mol. The Morgan fingerprint density at radius 3 is 2.59 bits per heavy atom. The summed E-state index contributed by atoms with van der Waals surface area (Å²) in [6.07, 6.45) is 6.90. The molecule has 2 aromatic carbocycles. The van der Waals surface area contributed by atoms with E-state index in [9.17, 15) is 22.8 Å². The number of carbonyl (C=O) groups excluding carboxylic acids is 2. The quantitative estimate of drug-likeness (QED) is 0.0799. The second kappa shape index (κ2) is 13.1. The second-order valence-corrected chi connectivity index (χ2v) is 11.8. The fourth-order valence-electron chi connectivity index (χ4n) is 6.53. The highest BCUT2D eigenvalue weighted by Gasteiger charge is 2.34. The predicted octanol–water partition coefficient (Wildman–Crippen LogP) is 7.95. The van der Waals surface area contributed by atoms with E-state index in [-0.39, 0.29) is 57.5 Å². The Morgan fingerprint density at radius 1 is 1.14 bits per heavy atom. The van der Waals surface area contributed by atoms with Gasteiger partial charge in [0.05, 0.1) is 23.9 Å². The van der Waals surface area contributed by atoms with Gasteiger partial charge in [-0.15, -0.1) is 0 Å². The van der Waals surface area contributed by atoms with Crippen LogP contribution in [0, 0.1) is 17.6 Å². The van der Waals surface area contributed by atoms with E-state index >= 15 is 4.39 Å². The number of Topliss-reactive ketones (excluding diaryl/α,β-unsaturated/α-hetero) is 1. The van der Waals surface area contributed by atoms with Gasteiger partial charge in [0.1, 0.15) is 12.1 Å². The normalized spacial score (nSPS) is 21.7. The maximum absolute atomic E-state index is 15.0. The van der Waals surface area contributed by atoms with Crippen molar-refractivity contribution >= 4 is 40.8 Å². The zero-order valence-electron chi connectivity index (χ0n) is 25.1. The molecular formula is C34H37F4N3O3. The van der Waals surface area contributed by atoms with Gasteiger partial charge in [0.2, 0.25) is 0 Å². The van der Waals surface area contributed by atoms with Crippen molar-refractivity contribution in [2.45, 2.75) is 70.9 Å². The molecule has 3 N–H and O–H groups in total. The number of aldehydes is 1. The van der Waals surface area contributed by atoms with Crippen molar-refractivity contribution in [1.82, 2.24) is 9.88 Å². The maximum atomic E-state index is 15.0. The number of hydrogen-bond donors (Lipinski definition) is 2. The van der Waals surface area contributed by atoms with E-state index in [0.29, 0.717) is 23.9 Å². The fourth-order valence-corrected chi connectivity index (χ4v) is 6.53. The third-order valence-corrected chi connectivity index (χ3v) is 8.53. The number of likely N-dealkylation sites (N-methyl/N-ethyl adjacent to an activating group) is 1. The topological polar surface area (TPSA) is 86.4 Å². The molecule has 0 saturated carbocycles. The van der Waals surface area contributed by atoms with Crippen molar-refractivity contribution in [2.75, 3.05) is 19.3 Å². The fraction of sp³-hybridized carbons (Fsp3) is 0.412. The Kier molecular flexibility index (Phi) is 9.41. The summed E-state index contributed by atoms with van der Waals surface area (Å²) in [6, 6.07) is 3.31. The first-order valence-corrected chi connectivity index (χ1v) is 15.1. The summed E-state index contributed by atoms with van der Waals surface area (Å²) >= 11 is 0. The lowest BCUT2D eigenvalue weighted by molar-refractivity contribution is -0.107. The van der Waals surface area contributed by atoms with E-state index in [0.717, 1.165) is 56.4 Å². The lowest BCUT2D eigenvalue weighted by atomic mass is 9.88. The van der Waals surface area contributed by atoms with Crippen LogP contribution in [-0.4, -0.2) is 42.5 Å². The monoisotopic (exact) mass is 611 g/mol. The zero-order chi connectivity index (χ0) is 31.7. The number of nitrogens with zero attached hydrogens (tertiary/aromatic N) is 1. The third kappa shape index (κ3) is 5.85. The van der Waals surface area contributed by atoms with E-state index < -0.39 is 35.6 Å². The molecular weight excluding hydrogens is 574 g/mol. The van der Waals surface area contributed by atoms with Crippen molar-refractivity contribution in [3.8, 4) is 11.1 Å². The van der Waals surface area contributed by atoms with Crippen LogP contribution in [0.1, 0.15) is 90.6 Å². The number of allylic oxidation sites excluding steroid dienone is 2. The minimum atomic E-state index is -2.00. The molecule has 2 heterocycles. The average Bonchev–Trinajstić information content (AvgIpc) is 3.20. The van der Waals surface area contributed by atoms with Gasteiger partial charge in [-0.2, -0.15) is 0 Å². The van der Waals surface area contributed by atoms with E-state index in [1.807, 2.05) is 4.57 Å². The molecule has 2 aliphatic rings. The number of nitrogens with two attached hydrogens (primary N) is 1. The number of carbonyl (C=O) groups is 2.